The Labute approximate surface area is 127 Å². The predicted molar refractivity (Wildman–Crippen MR) is 80.9 cm³/mol. The molecular weight excluding hydrogens is 283 g/mol. The average molecular weight is 298 g/mol. The van der Waals surface area contributed by atoms with Gasteiger partial charge < -0.3 is 10.5 Å². The summed E-state index contributed by atoms with van der Waals surface area (Å²) in [6.07, 6.45) is 1.56. The lowest BCUT2D eigenvalue weighted by molar-refractivity contribution is 0.462. The molecule has 0 atom stereocenters. The van der Waals surface area contributed by atoms with Crippen LogP contribution < -0.4 is 10.5 Å². The van der Waals surface area contributed by atoms with E-state index >= 15 is 0 Å². The summed E-state index contributed by atoms with van der Waals surface area (Å²) in [7, 11) is 0. The number of rotatable bonds is 4. The number of hydrogen-bond acceptors (Lipinski definition) is 4. The van der Waals surface area contributed by atoms with Crippen molar-refractivity contribution in [3.63, 3.8) is 0 Å². The number of benzene rings is 1. The average Bonchev–Trinajstić information content (AvgIpc) is 2.98. The summed E-state index contributed by atoms with van der Waals surface area (Å²) in [6, 6.07) is 9.76. The Morgan fingerprint density at radius 3 is 2.68 bits per heavy atom. The minimum absolute atomic E-state index is 0.293. The van der Waals surface area contributed by atoms with E-state index in [4.69, 9.17) is 10.5 Å². The molecule has 0 saturated carbocycles. The quantitative estimate of drug-likeness (QED) is 0.775. The zero-order valence-electron chi connectivity index (χ0n) is 12.0. The molecule has 2 heterocycles. The van der Waals surface area contributed by atoms with Crippen LogP contribution in [0.2, 0.25) is 0 Å². The van der Waals surface area contributed by atoms with Gasteiger partial charge in [0.1, 0.15) is 11.5 Å². The van der Waals surface area contributed by atoms with Crippen molar-refractivity contribution in [2.45, 2.75) is 13.5 Å². The maximum atomic E-state index is 13.0. The van der Waals surface area contributed by atoms with Crippen LogP contribution in [0, 0.1) is 12.7 Å². The highest BCUT2D eigenvalue weighted by Gasteiger charge is 2.11. The van der Waals surface area contributed by atoms with E-state index < -0.39 is 0 Å². The second-order valence-electron chi connectivity index (χ2n) is 4.84. The number of aromatic nitrogens is 3. The van der Waals surface area contributed by atoms with E-state index in [2.05, 4.69) is 15.2 Å². The molecule has 3 aromatic rings. The van der Waals surface area contributed by atoms with Gasteiger partial charge in [-0.25, -0.2) is 9.37 Å². The van der Waals surface area contributed by atoms with Crippen LogP contribution in [-0.4, -0.2) is 15.2 Å². The topological polar surface area (TPSA) is 76.8 Å². The summed E-state index contributed by atoms with van der Waals surface area (Å²) < 4.78 is 18.8. The SMILES string of the molecule is Cc1ccc(Oc2cn[nH]c2-c2ccc(F)cc2)nc1CN. The number of aryl methyl sites for hydroxylation is 1. The van der Waals surface area contributed by atoms with E-state index in [1.807, 2.05) is 13.0 Å². The van der Waals surface area contributed by atoms with Gasteiger partial charge in [0, 0.05) is 18.2 Å². The lowest BCUT2D eigenvalue weighted by Gasteiger charge is -2.08. The highest BCUT2D eigenvalue weighted by molar-refractivity contribution is 5.65. The molecule has 6 heteroatoms. The van der Waals surface area contributed by atoms with Crippen LogP contribution in [0.3, 0.4) is 0 Å². The molecule has 0 bridgehead atoms. The molecule has 0 saturated heterocycles. The third-order valence-electron chi connectivity index (χ3n) is 3.32. The van der Waals surface area contributed by atoms with Crippen LogP contribution in [0.25, 0.3) is 11.3 Å². The molecular formula is C16H15FN4O. The fourth-order valence-electron chi connectivity index (χ4n) is 2.10. The number of hydrogen-bond donors (Lipinski definition) is 2. The Bertz CT molecular complexity index is 783. The number of nitrogens with two attached hydrogens (primary N) is 1. The molecule has 0 aliphatic carbocycles. The fraction of sp³-hybridized carbons (Fsp3) is 0.125. The highest BCUT2D eigenvalue weighted by atomic mass is 19.1. The first-order valence-corrected chi connectivity index (χ1v) is 6.81. The number of halogens is 1. The first-order valence-electron chi connectivity index (χ1n) is 6.81. The van der Waals surface area contributed by atoms with Gasteiger partial charge in [-0.1, -0.05) is 6.07 Å². The van der Waals surface area contributed by atoms with E-state index in [0.717, 1.165) is 16.8 Å². The molecule has 0 radical (unpaired) electrons. The van der Waals surface area contributed by atoms with Crippen molar-refractivity contribution in [1.29, 1.82) is 0 Å². The molecule has 3 rings (SSSR count). The number of nitrogens with zero attached hydrogens (tertiary/aromatic N) is 2. The van der Waals surface area contributed by atoms with Gasteiger partial charge in [0.15, 0.2) is 5.75 Å². The van der Waals surface area contributed by atoms with Crippen LogP contribution in [-0.2, 0) is 6.54 Å². The Kier molecular flexibility index (Phi) is 3.84. The van der Waals surface area contributed by atoms with Crippen molar-refractivity contribution in [1.82, 2.24) is 15.2 Å². The van der Waals surface area contributed by atoms with Crippen LogP contribution in [0.1, 0.15) is 11.3 Å². The van der Waals surface area contributed by atoms with Crippen LogP contribution in [0.4, 0.5) is 4.39 Å². The zero-order valence-corrected chi connectivity index (χ0v) is 12.0. The molecule has 0 spiro atoms. The summed E-state index contributed by atoms with van der Waals surface area (Å²) in [5, 5.41) is 6.83. The molecule has 112 valence electrons. The van der Waals surface area contributed by atoms with Gasteiger partial charge in [0.25, 0.3) is 0 Å². The Balaban J connectivity index is 1.91. The summed E-state index contributed by atoms with van der Waals surface area (Å²) in [6.45, 7) is 2.29. The smallest absolute Gasteiger partial charge is 0.219 e. The van der Waals surface area contributed by atoms with Crippen molar-refractivity contribution in [2.75, 3.05) is 0 Å². The lowest BCUT2D eigenvalue weighted by atomic mass is 10.1. The van der Waals surface area contributed by atoms with E-state index in [9.17, 15) is 4.39 Å². The second-order valence-corrected chi connectivity index (χ2v) is 4.84. The maximum absolute atomic E-state index is 13.0. The van der Waals surface area contributed by atoms with E-state index in [-0.39, 0.29) is 5.82 Å². The summed E-state index contributed by atoms with van der Waals surface area (Å²) in [4.78, 5) is 4.37. The molecule has 3 N–H and O–H groups in total. The van der Waals surface area contributed by atoms with Crippen LogP contribution in [0.15, 0.2) is 42.6 Å². The number of H-pyrrole nitrogens is 1. The molecule has 22 heavy (non-hydrogen) atoms. The standard InChI is InChI=1S/C16H15FN4O/c1-10-2-7-15(20-13(10)8-18)22-14-9-19-21-16(14)11-3-5-12(17)6-4-11/h2-7,9H,8,18H2,1H3,(H,19,21). The third-order valence-corrected chi connectivity index (χ3v) is 3.32. The maximum Gasteiger partial charge on any atom is 0.219 e. The summed E-state index contributed by atoms with van der Waals surface area (Å²) in [5.41, 5.74) is 8.89. The molecule has 0 amide bonds. The number of aromatic amines is 1. The van der Waals surface area contributed by atoms with Crippen LogP contribution >= 0.6 is 0 Å². The van der Waals surface area contributed by atoms with Crippen molar-refractivity contribution >= 4 is 0 Å². The minimum atomic E-state index is -0.293. The minimum Gasteiger partial charge on any atom is -0.435 e. The first-order chi connectivity index (χ1) is 10.7. The van der Waals surface area contributed by atoms with Gasteiger partial charge in [-0.15, -0.1) is 0 Å². The highest BCUT2D eigenvalue weighted by Crippen LogP contribution is 2.30. The number of ether oxygens (including phenoxy) is 1. The van der Waals surface area contributed by atoms with Crippen molar-refractivity contribution in [2.24, 2.45) is 5.73 Å². The van der Waals surface area contributed by atoms with Gasteiger partial charge in [0.05, 0.1) is 11.9 Å². The molecule has 0 aliphatic rings. The van der Waals surface area contributed by atoms with E-state index in [0.29, 0.717) is 23.9 Å². The van der Waals surface area contributed by atoms with Crippen molar-refractivity contribution < 1.29 is 9.13 Å². The Morgan fingerprint density at radius 2 is 1.95 bits per heavy atom. The molecule has 0 unspecified atom stereocenters. The number of pyridine rings is 1. The molecule has 0 fully saturated rings. The Morgan fingerprint density at radius 1 is 1.18 bits per heavy atom. The van der Waals surface area contributed by atoms with Gasteiger partial charge in [-0.3, -0.25) is 5.10 Å². The molecule has 2 aromatic heterocycles. The second kappa shape index (κ2) is 5.95. The molecule has 1 aromatic carbocycles. The zero-order chi connectivity index (χ0) is 15.5. The molecule has 0 aliphatic heterocycles. The van der Waals surface area contributed by atoms with Crippen LogP contribution in [0.5, 0.6) is 11.6 Å². The van der Waals surface area contributed by atoms with Gasteiger partial charge >= 0.3 is 0 Å². The van der Waals surface area contributed by atoms with Gasteiger partial charge in [0.2, 0.25) is 5.88 Å². The largest absolute Gasteiger partial charge is 0.435 e. The summed E-state index contributed by atoms with van der Waals surface area (Å²) >= 11 is 0. The van der Waals surface area contributed by atoms with Gasteiger partial charge in [-0.2, -0.15) is 5.10 Å². The van der Waals surface area contributed by atoms with Gasteiger partial charge in [-0.05, 0) is 36.8 Å². The van der Waals surface area contributed by atoms with Crippen molar-refractivity contribution in [3.05, 3.63) is 59.7 Å². The van der Waals surface area contributed by atoms with E-state index in [1.165, 1.54) is 12.1 Å². The first kappa shape index (κ1) is 14.2. The summed E-state index contributed by atoms with van der Waals surface area (Å²) in [5.74, 6) is 0.667. The Hall–Kier alpha value is -2.73. The third kappa shape index (κ3) is 2.82. The lowest BCUT2D eigenvalue weighted by Crippen LogP contribution is -2.03. The van der Waals surface area contributed by atoms with Crippen molar-refractivity contribution in [3.8, 4) is 22.9 Å². The molecule has 5 nitrogen and oxygen atoms in total. The predicted octanol–water partition coefficient (Wildman–Crippen LogP) is 3.17. The fourth-order valence-corrected chi connectivity index (χ4v) is 2.10. The normalized spacial score (nSPS) is 10.7. The van der Waals surface area contributed by atoms with E-state index in [1.54, 1.807) is 24.4 Å². The number of nitrogens with one attached hydrogen (secondary N) is 1. The monoisotopic (exact) mass is 298 g/mol.